The highest BCUT2D eigenvalue weighted by molar-refractivity contribution is 6.00. The first kappa shape index (κ1) is 26.5. The Morgan fingerprint density at radius 3 is 2.14 bits per heavy atom. The molecule has 1 unspecified atom stereocenters. The predicted octanol–water partition coefficient (Wildman–Crippen LogP) is 5.46. The second-order valence-electron chi connectivity index (χ2n) is 9.11. The topological polar surface area (TPSA) is 96.5 Å². The fourth-order valence-electron chi connectivity index (χ4n) is 3.65. The van der Waals surface area contributed by atoms with Crippen LogP contribution in [0.25, 0.3) is 0 Å². The first-order chi connectivity index (χ1) is 17.3. The van der Waals surface area contributed by atoms with Crippen molar-refractivity contribution >= 4 is 29.3 Å². The number of amides is 3. The molecule has 0 heterocycles. The van der Waals surface area contributed by atoms with Crippen molar-refractivity contribution in [2.45, 2.75) is 46.3 Å². The van der Waals surface area contributed by atoms with Gasteiger partial charge in [-0.05, 0) is 54.2 Å². The summed E-state index contributed by atoms with van der Waals surface area (Å²) in [5.41, 5.74) is 3.96. The predicted molar refractivity (Wildman–Crippen MR) is 142 cm³/mol. The zero-order valence-electron chi connectivity index (χ0n) is 20.9. The van der Waals surface area contributed by atoms with Crippen LogP contribution in [-0.4, -0.2) is 23.9 Å². The van der Waals surface area contributed by atoms with Crippen LogP contribution in [0.4, 0.5) is 16.2 Å². The fourth-order valence-corrected chi connectivity index (χ4v) is 3.65. The molecule has 0 bridgehead atoms. The monoisotopic (exact) mass is 487 g/mol. The van der Waals surface area contributed by atoms with Gasteiger partial charge in [-0.1, -0.05) is 74.5 Å². The Balaban J connectivity index is 1.51. The van der Waals surface area contributed by atoms with E-state index in [1.165, 1.54) is 0 Å². The molecule has 0 saturated carbocycles. The van der Waals surface area contributed by atoms with Gasteiger partial charge < -0.3 is 20.7 Å². The van der Waals surface area contributed by atoms with Gasteiger partial charge in [0, 0.05) is 11.4 Å². The smallest absolute Gasteiger partial charge is 0.328 e. The molecule has 0 aliphatic rings. The number of ether oxygens (including phenoxy) is 1. The van der Waals surface area contributed by atoms with E-state index in [0.29, 0.717) is 12.1 Å². The molecule has 0 radical (unpaired) electrons. The van der Waals surface area contributed by atoms with E-state index in [1.807, 2.05) is 75.4 Å². The number of anilines is 2. The second kappa shape index (κ2) is 13.1. The molecule has 3 aromatic carbocycles. The second-order valence-corrected chi connectivity index (χ2v) is 9.11. The van der Waals surface area contributed by atoms with E-state index in [2.05, 4.69) is 16.0 Å². The molecule has 7 nitrogen and oxygen atoms in total. The van der Waals surface area contributed by atoms with Gasteiger partial charge in [-0.25, -0.2) is 9.59 Å². The lowest BCUT2D eigenvalue weighted by Gasteiger charge is -2.19. The van der Waals surface area contributed by atoms with Crippen molar-refractivity contribution in [2.75, 3.05) is 10.6 Å². The summed E-state index contributed by atoms with van der Waals surface area (Å²) >= 11 is 0. The van der Waals surface area contributed by atoms with Crippen molar-refractivity contribution in [1.82, 2.24) is 5.32 Å². The third-order valence-electron chi connectivity index (χ3n) is 5.52. The molecule has 36 heavy (non-hydrogen) atoms. The van der Waals surface area contributed by atoms with Gasteiger partial charge in [0.2, 0.25) is 5.91 Å². The molecule has 0 aliphatic heterocycles. The third-order valence-corrected chi connectivity index (χ3v) is 5.52. The van der Waals surface area contributed by atoms with Crippen LogP contribution in [0.3, 0.4) is 0 Å². The van der Waals surface area contributed by atoms with Crippen LogP contribution in [0.5, 0.6) is 0 Å². The van der Waals surface area contributed by atoms with Crippen LogP contribution in [-0.2, 0) is 27.4 Å². The number of nitrogens with one attached hydrogen (secondary N) is 3. The van der Waals surface area contributed by atoms with Crippen molar-refractivity contribution in [3.05, 3.63) is 95.6 Å². The van der Waals surface area contributed by atoms with Gasteiger partial charge in [-0.2, -0.15) is 0 Å². The zero-order valence-corrected chi connectivity index (χ0v) is 20.9. The van der Waals surface area contributed by atoms with Crippen molar-refractivity contribution in [2.24, 2.45) is 5.92 Å². The molecule has 0 aliphatic carbocycles. The van der Waals surface area contributed by atoms with E-state index in [9.17, 15) is 14.4 Å². The van der Waals surface area contributed by atoms with Crippen molar-refractivity contribution in [1.29, 1.82) is 0 Å². The maximum absolute atomic E-state index is 12.7. The lowest BCUT2D eigenvalue weighted by atomic mass is 10.0. The molecule has 0 spiro atoms. The Morgan fingerprint density at radius 1 is 0.806 bits per heavy atom. The number of hydrogen-bond donors (Lipinski definition) is 3. The van der Waals surface area contributed by atoms with Crippen LogP contribution < -0.4 is 16.0 Å². The number of aryl methyl sites for hydroxylation is 1. The molecule has 3 N–H and O–H groups in total. The van der Waals surface area contributed by atoms with Gasteiger partial charge in [0.05, 0.1) is 6.42 Å². The van der Waals surface area contributed by atoms with E-state index < -0.39 is 12.0 Å². The lowest BCUT2D eigenvalue weighted by Crippen LogP contribution is -2.43. The average Bonchev–Trinajstić information content (AvgIpc) is 2.85. The molecular weight excluding hydrogens is 454 g/mol. The van der Waals surface area contributed by atoms with Gasteiger partial charge in [-0.3, -0.25) is 4.79 Å². The molecule has 3 amide bonds. The standard InChI is InChI=1S/C29H33N3O4/c1-20(2)17-26(28(34)36-19-23-10-5-4-6-11-23)31-27(33)18-22-13-15-24(16-14-22)30-29(35)32-25-12-8-7-9-21(25)3/h4-16,20,26H,17-19H2,1-3H3,(H,31,33)(H2,30,32,35). The summed E-state index contributed by atoms with van der Waals surface area (Å²) in [7, 11) is 0. The number of benzene rings is 3. The normalized spacial score (nSPS) is 11.4. The van der Waals surface area contributed by atoms with Gasteiger partial charge in [0.15, 0.2) is 0 Å². The van der Waals surface area contributed by atoms with Gasteiger partial charge >= 0.3 is 12.0 Å². The quantitative estimate of drug-likeness (QED) is 0.331. The van der Waals surface area contributed by atoms with E-state index in [4.69, 9.17) is 4.74 Å². The van der Waals surface area contributed by atoms with E-state index >= 15 is 0 Å². The number of carbonyl (C=O) groups excluding carboxylic acids is 3. The van der Waals surface area contributed by atoms with Crippen molar-refractivity contribution < 1.29 is 19.1 Å². The molecule has 0 fully saturated rings. The summed E-state index contributed by atoms with van der Waals surface area (Å²) in [6.07, 6.45) is 0.592. The summed E-state index contributed by atoms with van der Waals surface area (Å²) in [5.74, 6) is -0.508. The summed E-state index contributed by atoms with van der Waals surface area (Å²) in [6, 6.07) is 22.9. The Labute approximate surface area is 212 Å². The summed E-state index contributed by atoms with van der Waals surface area (Å²) in [5, 5.41) is 8.42. The first-order valence-corrected chi connectivity index (χ1v) is 12.0. The number of hydrogen-bond acceptors (Lipinski definition) is 4. The molecule has 0 saturated heterocycles. The number of rotatable bonds is 10. The summed E-state index contributed by atoms with van der Waals surface area (Å²) in [6.45, 7) is 6.06. The van der Waals surface area contributed by atoms with Gasteiger partial charge in [-0.15, -0.1) is 0 Å². The highest BCUT2D eigenvalue weighted by atomic mass is 16.5. The number of esters is 1. The number of carbonyl (C=O) groups is 3. The fraction of sp³-hybridized carbons (Fsp3) is 0.276. The Kier molecular flexibility index (Phi) is 9.63. The molecule has 3 rings (SSSR count). The molecular formula is C29H33N3O4. The molecule has 7 heteroatoms. The number of para-hydroxylation sites is 1. The molecule has 0 aromatic heterocycles. The minimum Gasteiger partial charge on any atom is -0.459 e. The SMILES string of the molecule is Cc1ccccc1NC(=O)Nc1ccc(CC(=O)NC(CC(C)C)C(=O)OCc2ccccc2)cc1. The van der Waals surface area contributed by atoms with Crippen molar-refractivity contribution in [3.8, 4) is 0 Å². The first-order valence-electron chi connectivity index (χ1n) is 12.0. The Morgan fingerprint density at radius 2 is 1.47 bits per heavy atom. The van der Waals surface area contributed by atoms with E-state index in [0.717, 1.165) is 22.4 Å². The molecule has 3 aromatic rings. The average molecular weight is 488 g/mol. The van der Waals surface area contributed by atoms with Crippen LogP contribution in [0.1, 0.15) is 37.0 Å². The lowest BCUT2D eigenvalue weighted by molar-refractivity contribution is -0.149. The van der Waals surface area contributed by atoms with Crippen molar-refractivity contribution in [3.63, 3.8) is 0 Å². The van der Waals surface area contributed by atoms with E-state index in [-0.39, 0.29) is 30.9 Å². The third kappa shape index (κ3) is 8.58. The van der Waals surface area contributed by atoms with Crippen LogP contribution in [0.2, 0.25) is 0 Å². The van der Waals surface area contributed by atoms with Gasteiger partial charge in [0.1, 0.15) is 12.6 Å². The Bertz CT molecular complexity index is 1160. The minimum atomic E-state index is -0.715. The van der Waals surface area contributed by atoms with Crippen LogP contribution >= 0.6 is 0 Å². The maximum Gasteiger partial charge on any atom is 0.328 e. The van der Waals surface area contributed by atoms with Gasteiger partial charge in [0.25, 0.3) is 0 Å². The zero-order chi connectivity index (χ0) is 25.9. The Hall–Kier alpha value is -4.13. The number of urea groups is 1. The molecule has 188 valence electrons. The van der Waals surface area contributed by atoms with Crippen LogP contribution in [0.15, 0.2) is 78.9 Å². The highest BCUT2D eigenvalue weighted by Gasteiger charge is 2.23. The summed E-state index contributed by atoms with van der Waals surface area (Å²) in [4.78, 5) is 37.6. The maximum atomic E-state index is 12.7. The molecule has 1 atom stereocenters. The minimum absolute atomic E-state index is 0.107. The largest absolute Gasteiger partial charge is 0.459 e. The highest BCUT2D eigenvalue weighted by Crippen LogP contribution is 2.15. The van der Waals surface area contributed by atoms with Crippen LogP contribution in [0, 0.1) is 12.8 Å². The summed E-state index contributed by atoms with van der Waals surface area (Å²) < 4.78 is 5.45. The van der Waals surface area contributed by atoms with E-state index in [1.54, 1.807) is 24.3 Å².